The van der Waals surface area contributed by atoms with Gasteiger partial charge in [-0.05, 0) is 43.5 Å². The van der Waals surface area contributed by atoms with Gasteiger partial charge < -0.3 is 25.1 Å². The van der Waals surface area contributed by atoms with Crippen LogP contribution in [-0.2, 0) is 0 Å². The van der Waals surface area contributed by atoms with Gasteiger partial charge in [-0.15, -0.1) is 0 Å². The van der Waals surface area contributed by atoms with Crippen LogP contribution in [0, 0.1) is 5.82 Å². The van der Waals surface area contributed by atoms with Gasteiger partial charge >= 0.3 is 0 Å². The first kappa shape index (κ1) is 20.3. The molecule has 3 N–H and O–H groups in total. The summed E-state index contributed by atoms with van der Waals surface area (Å²) >= 11 is 0. The zero-order valence-electron chi connectivity index (χ0n) is 18.9. The van der Waals surface area contributed by atoms with Crippen LogP contribution in [0.5, 0.6) is 11.6 Å². The van der Waals surface area contributed by atoms with E-state index < -0.39 is 5.82 Å². The Kier molecular flexibility index (Phi) is 4.30. The molecule has 1 aromatic carbocycles. The van der Waals surface area contributed by atoms with Gasteiger partial charge in [-0.3, -0.25) is 9.78 Å². The summed E-state index contributed by atoms with van der Waals surface area (Å²) in [6, 6.07) is 10.4. The number of hydrogen-bond donors (Lipinski definition) is 3. The minimum Gasteiger partial charge on any atom is -0.492 e. The SMILES string of the molecule is COc1c(F)cccc1Nc1c(-c2ccnc3ccc(OC4CC4)nc23)[nH]c2c1C(=O)NC1CC21. The van der Waals surface area contributed by atoms with Crippen molar-refractivity contribution in [2.24, 2.45) is 0 Å². The maximum absolute atomic E-state index is 14.5. The van der Waals surface area contributed by atoms with Crippen LogP contribution in [0.1, 0.15) is 41.2 Å². The summed E-state index contributed by atoms with van der Waals surface area (Å²) in [4.78, 5) is 25.9. The van der Waals surface area contributed by atoms with E-state index in [1.807, 2.05) is 18.2 Å². The number of amides is 1. The van der Waals surface area contributed by atoms with Crippen molar-refractivity contribution >= 4 is 28.3 Å². The van der Waals surface area contributed by atoms with Crippen LogP contribution in [0.25, 0.3) is 22.3 Å². The highest BCUT2D eigenvalue weighted by atomic mass is 19.1. The molecule has 35 heavy (non-hydrogen) atoms. The molecule has 1 amide bonds. The maximum atomic E-state index is 14.5. The molecule has 7 rings (SSSR count). The Balaban J connectivity index is 1.43. The topological polar surface area (TPSA) is 101 Å². The summed E-state index contributed by atoms with van der Waals surface area (Å²) in [5, 5.41) is 6.36. The van der Waals surface area contributed by atoms with Gasteiger partial charge in [0.25, 0.3) is 5.91 Å². The summed E-state index contributed by atoms with van der Waals surface area (Å²) in [6.07, 6.45) is 4.88. The summed E-state index contributed by atoms with van der Waals surface area (Å²) in [5.41, 5.74) is 5.20. The number of nitrogens with zero attached hydrogens (tertiary/aromatic N) is 2. The standard InChI is InChI=1S/C26H22FN5O3/c1-34-25-15(27)3-2-4-17(25)29-24-20-22(14-11-18(14)30-26(20)33)32-23(24)13-9-10-28-16-7-8-19(31-21(13)16)35-12-5-6-12/h2-4,7-10,12,14,18,29,32H,5-6,11H2,1H3,(H,30,33). The Labute approximate surface area is 199 Å². The summed E-state index contributed by atoms with van der Waals surface area (Å²) < 4.78 is 25.7. The van der Waals surface area contributed by atoms with Crippen LogP contribution in [0.2, 0.25) is 0 Å². The largest absolute Gasteiger partial charge is 0.492 e. The third-order valence-corrected chi connectivity index (χ3v) is 6.80. The second-order valence-corrected chi connectivity index (χ2v) is 9.22. The second kappa shape index (κ2) is 7.43. The van der Waals surface area contributed by atoms with Crippen LogP contribution < -0.4 is 20.1 Å². The van der Waals surface area contributed by atoms with Crippen molar-refractivity contribution in [1.82, 2.24) is 20.3 Å². The fourth-order valence-electron chi connectivity index (χ4n) is 4.86. The molecular formula is C26H22FN5O3. The minimum atomic E-state index is -0.493. The molecule has 9 heteroatoms. The van der Waals surface area contributed by atoms with Crippen molar-refractivity contribution in [2.75, 3.05) is 12.4 Å². The van der Waals surface area contributed by atoms with E-state index in [1.165, 1.54) is 13.2 Å². The van der Waals surface area contributed by atoms with Crippen LogP contribution in [0.3, 0.4) is 0 Å². The summed E-state index contributed by atoms with van der Waals surface area (Å²) in [5.74, 6) is 0.191. The number of ether oxygens (including phenoxy) is 2. The molecule has 3 aliphatic rings. The molecule has 8 nitrogen and oxygen atoms in total. The average Bonchev–Trinajstić information content (AvgIpc) is 3.78. The zero-order chi connectivity index (χ0) is 23.7. The number of nitrogens with one attached hydrogen (secondary N) is 3. The molecule has 2 fully saturated rings. The molecule has 4 heterocycles. The van der Waals surface area contributed by atoms with Gasteiger partial charge in [0.15, 0.2) is 11.6 Å². The predicted molar refractivity (Wildman–Crippen MR) is 128 cm³/mol. The number of aromatic amines is 1. The third-order valence-electron chi connectivity index (χ3n) is 6.80. The van der Waals surface area contributed by atoms with E-state index in [1.54, 1.807) is 18.3 Å². The fourth-order valence-corrected chi connectivity index (χ4v) is 4.86. The van der Waals surface area contributed by atoms with Gasteiger partial charge in [-0.1, -0.05) is 6.07 Å². The van der Waals surface area contributed by atoms with Gasteiger partial charge in [-0.25, -0.2) is 9.37 Å². The number of pyridine rings is 2. The van der Waals surface area contributed by atoms with E-state index in [0.717, 1.165) is 30.5 Å². The lowest BCUT2D eigenvalue weighted by molar-refractivity contribution is 0.0944. The Bertz CT molecular complexity index is 1510. The predicted octanol–water partition coefficient (Wildman–Crippen LogP) is 4.66. The van der Waals surface area contributed by atoms with Crippen LogP contribution in [0.15, 0.2) is 42.6 Å². The third kappa shape index (κ3) is 3.30. The summed E-state index contributed by atoms with van der Waals surface area (Å²) in [6.45, 7) is 0. The van der Waals surface area contributed by atoms with E-state index in [0.29, 0.717) is 39.5 Å². The minimum absolute atomic E-state index is 0.0757. The number of H-pyrrole nitrogens is 1. The van der Waals surface area contributed by atoms with Gasteiger partial charge in [0, 0.05) is 35.5 Å². The van der Waals surface area contributed by atoms with Crippen molar-refractivity contribution in [2.45, 2.75) is 37.3 Å². The molecule has 4 aromatic rings. The van der Waals surface area contributed by atoms with E-state index in [-0.39, 0.29) is 29.7 Å². The van der Waals surface area contributed by atoms with E-state index in [2.05, 4.69) is 20.6 Å². The maximum Gasteiger partial charge on any atom is 0.255 e. The molecule has 2 aliphatic carbocycles. The number of methoxy groups -OCH3 is 1. The number of halogens is 1. The van der Waals surface area contributed by atoms with Gasteiger partial charge in [0.1, 0.15) is 11.6 Å². The highest BCUT2D eigenvalue weighted by Crippen LogP contribution is 2.50. The first-order chi connectivity index (χ1) is 17.1. The number of anilines is 2. The van der Waals surface area contributed by atoms with Crippen molar-refractivity contribution in [3.05, 3.63) is 59.7 Å². The Morgan fingerprint density at radius 1 is 1.17 bits per heavy atom. The van der Waals surface area contributed by atoms with Gasteiger partial charge in [-0.2, -0.15) is 0 Å². The fraction of sp³-hybridized carbons (Fsp3) is 0.269. The Morgan fingerprint density at radius 3 is 2.89 bits per heavy atom. The van der Waals surface area contributed by atoms with Crippen LogP contribution >= 0.6 is 0 Å². The number of carbonyl (C=O) groups is 1. The number of fused-ring (bicyclic) bond motifs is 4. The number of rotatable bonds is 6. The Morgan fingerprint density at radius 2 is 2.06 bits per heavy atom. The first-order valence-electron chi connectivity index (χ1n) is 11.7. The monoisotopic (exact) mass is 471 g/mol. The van der Waals surface area contributed by atoms with Crippen LogP contribution in [0.4, 0.5) is 15.8 Å². The van der Waals surface area contributed by atoms with E-state index in [9.17, 15) is 9.18 Å². The van der Waals surface area contributed by atoms with Crippen LogP contribution in [-0.4, -0.2) is 40.1 Å². The van der Waals surface area contributed by atoms with E-state index in [4.69, 9.17) is 14.5 Å². The molecule has 0 spiro atoms. The molecule has 0 radical (unpaired) electrons. The van der Waals surface area contributed by atoms with Gasteiger partial charge in [0.05, 0.1) is 35.3 Å². The number of carbonyl (C=O) groups excluding carboxylic acids is 1. The molecule has 2 unspecified atom stereocenters. The number of hydrogen-bond acceptors (Lipinski definition) is 6. The van der Waals surface area contributed by atoms with E-state index >= 15 is 0 Å². The highest BCUT2D eigenvalue weighted by molar-refractivity contribution is 6.09. The molecule has 0 saturated heterocycles. The molecule has 3 aromatic heterocycles. The second-order valence-electron chi connectivity index (χ2n) is 9.22. The normalized spacial score (nSPS) is 20.1. The quantitative estimate of drug-likeness (QED) is 0.378. The number of para-hydroxylation sites is 1. The number of benzene rings is 1. The molecule has 176 valence electrons. The molecule has 2 saturated carbocycles. The zero-order valence-corrected chi connectivity index (χ0v) is 18.9. The van der Waals surface area contributed by atoms with Crippen molar-refractivity contribution < 1.29 is 18.7 Å². The molecular weight excluding hydrogens is 449 g/mol. The Hall–Kier alpha value is -4.14. The lowest BCUT2D eigenvalue weighted by Gasteiger charge is -2.16. The number of aromatic nitrogens is 3. The lowest BCUT2D eigenvalue weighted by Crippen LogP contribution is -2.31. The van der Waals surface area contributed by atoms with Gasteiger partial charge in [0.2, 0.25) is 5.88 Å². The molecule has 1 aliphatic heterocycles. The smallest absolute Gasteiger partial charge is 0.255 e. The first-order valence-corrected chi connectivity index (χ1v) is 11.7. The molecule has 0 bridgehead atoms. The van der Waals surface area contributed by atoms with Crippen molar-refractivity contribution in [1.29, 1.82) is 0 Å². The summed E-state index contributed by atoms with van der Waals surface area (Å²) in [7, 11) is 1.42. The van der Waals surface area contributed by atoms with Crippen molar-refractivity contribution in [3.8, 4) is 22.9 Å². The van der Waals surface area contributed by atoms with Crippen molar-refractivity contribution in [3.63, 3.8) is 0 Å². The lowest BCUT2D eigenvalue weighted by atomic mass is 10.0. The highest BCUT2D eigenvalue weighted by Gasteiger charge is 2.48. The average molecular weight is 471 g/mol. The molecule has 2 atom stereocenters.